The van der Waals surface area contributed by atoms with Crippen LogP contribution in [0.1, 0.15) is 56.1 Å². The first-order valence-corrected chi connectivity index (χ1v) is 8.71. The smallest absolute Gasteiger partial charge is 0.139 e. The number of nitrogens with zero attached hydrogens (tertiary/aromatic N) is 2. The lowest BCUT2D eigenvalue weighted by atomic mass is 10.1. The third-order valence-electron chi connectivity index (χ3n) is 5.13. The van der Waals surface area contributed by atoms with E-state index in [0.717, 1.165) is 49.4 Å². The first-order chi connectivity index (χ1) is 11.3. The van der Waals surface area contributed by atoms with E-state index in [9.17, 15) is 0 Å². The van der Waals surface area contributed by atoms with Crippen LogP contribution in [0.15, 0.2) is 28.9 Å². The van der Waals surface area contributed by atoms with E-state index in [1.165, 1.54) is 6.42 Å². The Kier molecular flexibility index (Phi) is 3.99. The fourth-order valence-electron chi connectivity index (χ4n) is 3.54. The zero-order valence-electron chi connectivity index (χ0n) is 13.9. The molecule has 2 aromatic heterocycles. The van der Waals surface area contributed by atoms with E-state index in [2.05, 4.69) is 40.8 Å². The van der Waals surface area contributed by atoms with E-state index in [0.29, 0.717) is 5.92 Å². The highest BCUT2D eigenvalue weighted by atomic mass is 16.5. The lowest BCUT2D eigenvalue weighted by Gasteiger charge is -2.19. The Balaban J connectivity index is 1.39. The predicted molar refractivity (Wildman–Crippen MR) is 87.1 cm³/mol. The Morgan fingerprint density at radius 3 is 3.04 bits per heavy atom. The molecule has 2 aromatic rings. The first-order valence-electron chi connectivity index (χ1n) is 8.71. The van der Waals surface area contributed by atoms with Crippen molar-refractivity contribution in [3.63, 3.8) is 0 Å². The lowest BCUT2D eigenvalue weighted by molar-refractivity contribution is 0.0882. The van der Waals surface area contributed by atoms with Crippen LogP contribution in [0.2, 0.25) is 0 Å². The predicted octanol–water partition coefficient (Wildman–Crippen LogP) is 3.24. The average Bonchev–Trinajstić information content (AvgIpc) is 3.04. The Hall–Kier alpha value is -1.59. The highest BCUT2D eigenvalue weighted by molar-refractivity contribution is 5.17. The molecule has 1 saturated carbocycles. The summed E-state index contributed by atoms with van der Waals surface area (Å²) in [5, 5.41) is 3.60. The normalized spacial score (nSPS) is 30.0. The Bertz CT molecular complexity index is 663. The lowest BCUT2D eigenvalue weighted by Crippen LogP contribution is -2.32. The maximum absolute atomic E-state index is 5.98. The van der Waals surface area contributed by atoms with E-state index >= 15 is 0 Å². The molecule has 23 heavy (non-hydrogen) atoms. The van der Waals surface area contributed by atoms with Crippen molar-refractivity contribution in [3.05, 3.63) is 41.9 Å². The number of rotatable bonds is 6. The SMILES string of the molecule is CCn1ccnc1[C@H]1OCC[C@@H]1NCc1ccc(C2CC2C)o1. The molecular formula is C18H25N3O2. The second kappa shape index (κ2) is 6.13. The topological polar surface area (TPSA) is 52.2 Å². The summed E-state index contributed by atoms with van der Waals surface area (Å²) in [5.41, 5.74) is 0. The standard InChI is InChI=1S/C18H25N3O2/c1-3-21-8-7-19-18(21)17-15(6-9-22-17)20-11-13-4-5-16(23-13)14-10-12(14)2/h4-5,7-8,12,14-15,17,20H,3,6,9-11H2,1-2H3/t12?,14?,15-,17-/m0/s1. The van der Waals surface area contributed by atoms with E-state index in [4.69, 9.17) is 9.15 Å². The van der Waals surface area contributed by atoms with Crippen LogP contribution in [-0.2, 0) is 17.8 Å². The van der Waals surface area contributed by atoms with E-state index in [1.54, 1.807) is 0 Å². The molecule has 124 valence electrons. The number of hydrogen-bond donors (Lipinski definition) is 1. The van der Waals surface area contributed by atoms with Gasteiger partial charge in [-0.2, -0.15) is 0 Å². The third-order valence-corrected chi connectivity index (χ3v) is 5.13. The van der Waals surface area contributed by atoms with Crippen LogP contribution in [0.3, 0.4) is 0 Å². The zero-order valence-corrected chi connectivity index (χ0v) is 13.9. The fraction of sp³-hybridized carbons (Fsp3) is 0.611. The minimum atomic E-state index is 0.0304. The summed E-state index contributed by atoms with van der Waals surface area (Å²) in [6.45, 7) is 6.86. The van der Waals surface area contributed by atoms with Crippen LogP contribution >= 0.6 is 0 Å². The highest BCUT2D eigenvalue weighted by Crippen LogP contribution is 2.47. The number of furan rings is 1. The maximum atomic E-state index is 5.98. The molecule has 0 aromatic carbocycles. The van der Waals surface area contributed by atoms with Gasteiger partial charge >= 0.3 is 0 Å². The van der Waals surface area contributed by atoms with Gasteiger partial charge < -0.3 is 19.0 Å². The minimum absolute atomic E-state index is 0.0304. The van der Waals surface area contributed by atoms with Gasteiger partial charge in [0.1, 0.15) is 23.4 Å². The quantitative estimate of drug-likeness (QED) is 0.889. The van der Waals surface area contributed by atoms with E-state index < -0.39 is 0 Å². The molecule has 1 saturated heterocycles. The van der Waals surface area contributed by atoms with Crippen molar-refractivity contribution in [1.29, 1.82) is 0 Å². The Labute approximate surface area is 137 Å². The van der Waals surface area contributed by atoms with Crippen LogP contribution in [0.25, 0.3) is 0 Å². The first kappa shape index (κ1) is 15.0. The summed E-state index contributed by atoms with van der Waals surface area (Å²) >= 11 is 0. The molecule has 4 atom stereocenters. The molecule has 5 heteroatoms. The maximum Gasteiger partial charge on any atom is 0.139 e. The van der Waals surface area contributed by atoms with Crippen molar-refractivity contribution in [1.82, 2.24) is 14.9 Å². The highest BCUT2D eigenvalue weighted by Gasteiger charge is 2.37. The molecule has 2 fully saturated rings. The molecule has 1 aliphatic carbocycles. The van der Waals surface area contributed by atoms with Gasteiger partial charge in [0.25, 0.3) is 0 Å². The number of aryl methyl sites for hydroxylation is 1. The summed E-state index contributed by atoms with van der Waals surface area (Å²) in [4.78, 5) is 4.49. The molecule has 2 unspecified atom stereocenters. The third kappa shape index (κ3) is 2.95. The molecule has 2 aliphatic rings. The molecule has 0 radical (unpaired) electrons. The van der Waals surface area contributed by atoms with Crippen LogP contribution in [-0.4, -0.2) is 22.2 Å². The molecule has 5 nitrogen and oxygen atoms in total. The van der Waals surface area contributed by atoms with Gasteiger partial charge in [-0.1, -0.05) is 6.92 Å². The van der Waals surface area contributed by atoms with E-state index in [-0.39, 0.29) is 12.1 Å². The van der Waals surface area contributed by atoms with Crippen molar-refractivity contribution in [2.24, 2.45) is 5.92 Å². The summed E-state index contributed by atoms with van der Waals surface area (Å²) in [6.07, 6.45) is 6.17. The summed E-state index contributed by atoms with van der Waals surface area (Å²) in [6, 6.07) is 4.53. The summed E-state index contributed by atoms with van der Waals surface area (Å²) in [5.74, 6) is 4.61. The average molecular weight is 315 g/mol. The van der Waals surface area contributed by atoms with Crippen LogP contribution in [0, 0.1) is 5.92 Å². The van der Waals surface area contributed by atoms with Crippen molar-refractivity contribution >= 4 is 0 Å². The fourth-order valence-corrected chi connectivity index (χ4v) is 3.54. The number of imidazole rings is 1. The largest absolute Gasteiger partial charge is 0.464 e. The number of ether oxygens (including phenoxy) is 1. The van der Waals surface area contributed by atoms with Crippen molar-refractivity contribution in [2.75, 3.05) is 6.61 Å². The molecule has 0 amide bonds. The van der Waals surface area contributed by atoms with Crippen LogP contribution in [0.4, 0.5) is 0 Å². The van der Waals surface area contributed by atoms with Gasteiger partial charge in [-0.3, -0.25) is 0 Å². The second-order valence-electron chi connectivity index (χ2n) is 6.76. The van der Waals surface area contributed by atoms with Crippen molar-refractivity contribution < 1.29 is 9.15 Å². The molecule has 3 heterocycles. The molecule has 4 rings (SSSR count). The van der Waals surface area contributed by atoms with Gasteiger partial charge in [-0.05, 0) is 37.8 Å². The molecular weight excluding hydrogens is 290 g/mol. The van der Waals surface area contributed by atoms with Crippen molar-refractivity contribution in [2.45, 2.75) is 57.8 Å². The Morgan fingerprint density at radius 2 is 2.26 bits per heavy atom. The zero-order chi connectivity index (χ0) is 15.8. The van der Waals surface area contributed by atoms with Gasteiger partial charge in [-0.15, -0.1) is 0 Å². The molecule has 1 aliphatic heterocycles. The number of aromatic nitrogens is 2. The van der Waals surface area contributed by atoms with Gasteiger partial charge in [0.15, 0.2) is 0 Å². The van der Waals surface area contributed by atoms with Crippen LogP contribution < -0.4 is 5.32 Å². The second-order valence-corrected chi connectivity index (χ2v) is 6.76. The van der Waals surface area contributed by atoms with Gasteiger partial charge in [0, 0.05) is 37.5 Å². The Morgan fingerprint density at radius 1 is 1.39 bits per heavy atom. The molecule has 0 bridgehead atoms. The monoisotopic (exact) mass is 315 g/mol. The van der Waals surface area contributed by atoms with Gasteiger partial charge in [-0.25, -0.2) is 4.98 Å². The number of nitrogens with one attached hydrogen (secondary N) is 1. The van der Waals surface area contributed by atoms with Crippen LogP contribution in [0.5, 0.6) is 0 Å². The van der Waals surface area contributed by atoms with Crippen molar-refractivity contribution in [3.8, 4) is 0 Å². The molecule has 0 spiro atoms. The van der Waals surface area contributed by atoms with E-state index in [1.807, 2.05) is 12.4 Å². The van der Waals surface area contributed by atoms with Gasteiger partial charge in [0.05, 0.1) is 6.54 Å². The van der Waals surface area contributed by atoms with Gasteiger partial charge in [0.2, 0.25) is 0 Å². The summed E-state index contributed by atoms with van der Waals surface area (Å²) in [7, 11) is 0. The number of hydrogen-bond acceptors (Lipinski definition) is 4. The molecule has 1 N–H and O–H groups in total. The summed E-state index contributed by atoms with van der Waals surface area (Å²) < 4.78 is 14.1. The minimum Gasteiger partial charge on any atom is -0.464 e.